The van der Waals surface area contributed by atoms with Crippen molar-refractivity contribution in [2.24, 2.45) is 0 Å². The fourth-order valence-electron chi connectivity index (χ4n) is 2.00. The first-order chi connectivity index (χ1) is 9.08. The number of nitrogens with one attached hydrogen (secondary N) is 1. The van der Waals surface area contributed by atoms with Gasteiger partial charge in [-0.25, -0.2) is 0 Å². The van der Waals surface area contributed by atoms with Crippen molar-refractivity contribution in [2.45, 2.75) is 25.8 Å². The van der Waals surface area contributed by atoms with Crippen LogP contribution >= 0.6 is 0 Å². The number of aromatic nitrogens is 2. The number of rotatable bonds is 5. The second-order valence-corrected chi connectivity index (χ2v) is 4.55. The van der Waals surface area contributed by atoms with E-state index in [0.717, 1.165) is 5.56 Å². The van der Waals surface area contributed by atoms with Crippen LogP contribution in [0.25, 0.3) is 0 Å². The molecule has 1 aliphatic rings. The average Bonchev–Trinajstić information content (AvgIpc) is 2.98. The van der Waals surface area contributed by atoms with Crippen molar-refractivity contribution >= 4 is 17.7 Å². The van der Waals surface area contributed by atoms with Crippen LogP contribution < -0.4 is 0 Å². The van der Waals surface area contributed by atoms with Crippen molar-refractivity contribution in [1.29, 1.82) is 0 Å². The average molecular weight is 264 g/mol. The summed E-state index contributed by atoms with van der Waals surface area (Å²) in [5.41, 5.74) is 0.907. The molecule has 0 atom stereocenters. The van der Waals surface area contributed by atoms with E-state index in [9.17, 15) is 14.4 Å². The SMILES string of the molecule is CN(Cc1cn[nH]c1)C(=O)CCN1C(=O)CCC1=O. The van der Waals surface area contributed by atoms with Crippen molar-refractivity contribution < 1.29 is 14.4 Å². The molecule has 0 unspecified atom stereocenters. The number of carbonyl (C=O) groups is 3. The first kappa shape index (κ1) is 13.3. The molecule has 3 amide bonds. The molecule has 0 saturated carbocycles. The van der Waals surface area contributed by atoms with Gasteiger partial charge in [0.2, 0.25) is 17.7 Å². The summed E-state index contributed by atoms with van der Waals surface area (Å²) in [6.45, 7) is 0.628. The Hall–Kier alpha value is -2.18. The van der Waals surface area contributed by atoms with E-state index in [1.165, 1.54) is 4.90 Å². The Bertz CT molecular complexity index is 467. The summed E-state index contributed by atoms with van der Waals surface area (Å²) >= 11 is 0. The molecule has 0 radical (unpaired) electrons. The Balaban J connectivity index is 1.80. The highest BCUT2D eigenvalue weighted by molar-refractivity contribution is 6.02. The summed E-state index contributed by atoms with van der Waals surface area (Å²) in [5.74, 6) is -0.473. The minimum Gasteiger partial charge on any atom is -0.341 e. The molecule has 1 saturated heterocycles. The Morgan fingerprint density at radius 1 is 1.42 bits per heavy atom. The van der Waals surface area contributed by atoms with E-state index in [1.54, 1.807) is 24.3 Å². The fraction of sp³-hybridized carbons (Fsp3) is 0.500. The molecular weight excluding hydrogens is 248 g/mol. The van der Waals surface area contributed by atoms with E-state index in [0.29, 0.717) is 6.54 Å². The number of hydrogen-bond donors (Lipinski definition) is 1. The number of nitrogens with zero attached hydrogens (tertiary/aromatic N) is 3. The van der Waals surface area contributed by atoms with Crippen LogP contribution in [0.15, 0.2) is 12.4 Å². The zero-order valence-corrected chi connectivity index (χ0v) is 10.8. The maximum Gasteiger partial charge on any atom is 0.229 e. The lowest BCUT2D eigenvalue weighted by atomic mass is 10.3. The van der Waals surface area contributed by atoms with E-state index in [-0.39, 0.29) is 43.5 Å². The van der Waals surface area contributed by atoms with Gasteiger partial charge in [-0.15, -0.1) is 0 Å². The maximum absolute atomic E-state index is 11.9. The van der Waals surface area contributed by atoms with Gasteiger partial charge in [0.1, 0.15) is 0 Å². The van der Waals surface area contributed by atoms with Crippen LogP contribution in [0, 0.1) is 0 Å². The summed E-state index contributed by atoms with van der Waals surface area (Å²) in [5, 5.41) is 6.48. The van der Waals surface area contributed by atoms with Crippen molar-refractivity contribution in [1.82, 2.24) is 20.0 Å². The molecule has 0 aromatic carbocycles. The molecule has 1 N–H and O–H groups in total. The van der Waals surface area contributed by atoms with Crippen molar-refractivity contribution in [2.75, 3.05) is 13.6 Å². The molecule has 7 heteroatoms. The van der Waals surface area contributed by atoms with E-state index in [2.05, 4.69) is 10.2 Å². The van der Waals surface area contributed by atoms with Crippen LogP contribution in [0.2, 0.25) is 0 Å². The minimum atomic E-state index is -0.185. The van der Waals surface area contributed by atoms with E-state index in [4.69, 9.17) is 0 Å². The number of carbonyl (C=O) groups excluding carboxylic acids is 3. The fourth-order valence-corrected chi connectivity index (χ4v) is 2.00. The van der Waals surface area contributed by atoms with Crippen LogP contribution in [-0.4, -0.2) is 51.3 Å². The highest BCUT2D eigenvalue weighted by Crippen LogP contribution is 2.12. The second-order valence-electron chi connectivity index (χ2n) is 4.55. The maximum atomic E-state index is 11.9. The summed E-state index contributed by atoms with van der Waals surface area (Å²) in [6.07, 6.45) is 4.05. The third-order valence-electron chi connectivity index (χ3n) is 3.10. The topological polar surface area (TPSA) is 86.4 Å². The third kappa shape index (κ3) is 3.18. The van der Waals surface area contributed by atoms with Gasteiger partial charge in [-0.2, -0.15) is 5.10 Å². The smallest absolute Gasteiger partial charge is 0.229 e. The number of H-pyrrole nitrogens is 1. The number of hydrogen-bond acceptors (Lipinski definition) is 4. The van der Waals surface area contributed by atoms with Gasteiger partial charge < -0.3 is 4.90 Å². The zero-order chi connectivity index (χ0) is 13.8. The van der Waals surface area contributed by atoms with Crippen LogP contribution in [0.1, 0.15) is 24.8 Å². The molecule has 2 heterocycles. The summed E-state index contributed by atoms with van der Waals surface area (Å²) < 4.78 is 0. The summed E-state index contributed by atoms with van der Waals surface area (Å²) in [6, 6.07) is 0. The largest absolute Gasteiger partial charge is 0.341 e. The number of imide groups is 1. The molecule has 1 aromatic heterocycles. The molecule has 0 aliphatic carbocycles. The van der Waals surface area contributed by atoms with Gasteiger partial charge in [0.25, 0.3) is 0 Å². The monoisotopic (exact) mass is 264 g/mol. The standard InChI is InChI=1S/C12H16N4O3/c1-15(8-9-6-13-14-7-9)10(17)4-5-16-11(18)2-3-12(16)19/h6-7H,2-5,8H2,1H3,(H,13,14). The molecule has 0 spiro atoms. The lowest BCUT2D eigenvalue weighted by Gasteiger charge is -2.18. The lowest BCUT2D eigenvalue weighted by molar-refractivity contribution is -0.139. The summed E-state index contributed by atoms with van der Waals surface area (Å²) in [4.78, 5) is 37.4. The molecule has 2 rings (SSSR count). The van der Waals surface area contributed by atoms with Crippen molar-refractivity contribution in [3.8, 4) is 0 Å². The Kier molecular flexibility index (Phi) is 3.94. The minimum absolute atomic E-state index is 0.103. The highest BCUT2D eigenvalue weighted by Gasteiger charge is 2.29. The quantitative estimate of drug-likeness (QED) is 0.753. The second kappa shape index (κ2) is 5.64. The van der Waals surface area contributed by atoms with Gasteiger partial charge in [0.05, 0.1) is 6.20 Å². The van der Waals surface area contributed by atoms with Crippen LogP contribution in [0.3, 0.4) is 0 Å². The Morgan fingerprint density at radius 3 is 2.68 bits per heavy atom. The third-order valence-corrected chi connectivity index (χ3v) is 3.10. The first-order valence-corrected chi connectivity index (χ1v) is 6.12. The number of likely N-dealkylation sites (tertiary alicyclic amines) is 1. The molecule has 19 heavy (non-hydrogen) atoms. The molecule has 1 aliphatic heterocycles. The van der Waals surface area contributed by atoms with Crippen LogP contribution in [-0.2, 0) is 20.9 Å². The van der Waals surface area contributed by atoms with Gasteiger partial charge in [0.15, 0.2) is 0 Å². The molecule has 1 fully saturated rings. The summed E-state index contributed by atoms with van der Waals surface area (Å²) in [7, 11) is 1.68. The van der Waals surface area contributed by atoms with Gasteiger partial charge >= 0.3 is 0 Å². The van der Waals surface area contributed by atoms with Gasteiger partial charge in [-0.05, 0) is 0 Å². The van der Waals surface area contributed by atoms with Crippen molar-refractivity contribution in [3.63, 3.8) is 0 Å². The van der Waals surface area contributed by atoms with Crippen LogP contribution in [0.5, 0.6) is 0 Å². The Labute approximate surface area is 110 Å². The van der Waals surface area contributed by atoms with E-state index < -0.39 is 0 Å². The molecule has 102 valence electrons. The first-order valence-electron chi connectivity index (χ1n) is 6.12. The number of aromatic amines is 1. The highest BCUT2D eigenvalue weighted by atomic mass is 16.2. The van der Waals surface area contributed by atoms with Gasteiger partial charge in [0, 0.05) is 51.2 Å². The van der Waals surface area contributed by atoms with Crippen molar-refractivity contribution in [3.05, 3.63) is 18.0 Å². The molecule has 7 nitrogen and oxygen atoms in total. The van der Waals surface area contributed by atoms with Gasteiger partial charge in [-0.1, -0.05) is 0 Å². The predicted molar refractivity (Wildman–Crippen MR) is 65.6 cm³/mol. The van der Waals surface area contributed by atoms with E-state index in [1.807, 2.05) is 0 Å². The van der Waals surface area contributed by atoms with E-state index >= 15 is 0 Å². The number of amides is 3. The predicted octanol–water partition coefficient (Wildman–Crippen LogP) is -0.0928. The Morgan fingerprint density at radius 2 is 2.11 bits per heavy atom. The lowest BCUT2D eigenvalue weighted by Crippen LogP contribution is -2.34. The molecule has 1 aromatic rings. The normalized spacial score (nSPS) is 15.1. The molecule has 0 bridgehead atoms. The zero-order valence-electron chi connectivity index (χ0n) is 10.8. The van der Waals surface area contributed by atoms with Crippen LogP contribution in [0.4, 0.5) is 0 Å². The van der Waals surface area contributed by atoms with Gasteiger partial charge in [-0.3, -0.25) is 24.4 Å². The molecular formula is C12H16N4O3.